The summed E-state index contributed by atoms with van der Waals surface area (Å²) in [7, 11) is 0. The van der Waals surface area contributed by atoms with Crippen molar-refractivity contribution in [2.45, 2.75) is 39.2 Å². The lowest BCUT2D eigenvalue weighted by Gasteiger charge is -2.07. The van der Waals surface area contributed by atoms with E-state index in [1.807, 2.05) is 30.3 Å². The number of ketones is 1. The highest BCUT2D eigenvalue weighted by molar-refractivity contribution is 7.15. The molecular formula is C23H24N2O3S. The Morgan fingerprint density at radius 1 is 1.03 bits per heavy atom. The molecule has 0 aliphatic carbocycles. The fraction of sp³-hybridized carbons (Fsp3) is 0.261. The molecule has 0 saturated carbocycles. The fourth-order valence-corrected chi connectivity index (χ4v) is 3.48. The predicted molar refractivity (Wildman–Crippen MR) is 116 cm³/mol. The molecule has 0 aliphatic rings. The second-order valence-electron chi connectivity index (χ2n) is 6.99. The van der Waals surface area contributed by atoms with Gasteiger partial charge in [-0.15, -0.1) is 11.3 Å². The number of carbonyl (C=O) groups excluding carboxylic acids is 2. The first kappa shape index (κ1) is 20.7. The summed E-state index contributed by atoms with van der Waals surface area (Å²) < 4.78 is 5.73. The summed E-state index contributed by atoms with van der Waals surface area (Å²) in [6.07, 6.45) is 2.05. The van der Waals surface area contributed by atoms with Crippen LogP contribution in [0.5, 0.6) is 5.75 Å². The number of benzene rings is 2. The number of hydrogen-bond acceptors (Lipinski definition) is 5. The van der Waals surface area contributed by atoms with Gasteiger partial charge in [-0.25, -0.2) is 4.98 Å². The summed E-state index contributed by atoms with van der Waals surface area (Å²) in [6, 6.07) is 16.9. The molecule has 0 atom stereocenters. The summed E-state index contributed by atoms with van der Waals surface area (Å²) in [6.45, 7) is 4.63. The molecule has 0 saturated heterocycles. The number of thiazole rings is 1. The number of Topliss-reactive ketones (excluding diaryl/α,β-unsaturated/α-hetero) is 1. The standard InChI is InChI=1S/C23H24N2O3S/c1-16(2)21-14-24-23(29-21)25-22(27)13-12-20(26)18-8-10-19(11-9-18)28-15-17-6-4-3-5-7-17/h3-11,14,16H,12-13,15H2,1-2H3,(H,24,25,27). The molecule has 1 amide bonds. The summed E-state index contributed by atoms with van der Waals surface area (Å²) in [5.41, 5.74) is 1.65. The molecule has 6 heteroatoms. The molecule has 3 rings (SSSR count). The SMILES string of the molecule is CC(C)c1cnc(NC(=O)CCC(=O)c2ccc(OCc3ccccc3)cc2)s1. The number of nitrogens with one attached hydrogen (secondary N) is 1. The Bertz CT molecular complexity index is 950. The second kappa shape index (κ2) is 9.98. The first-order valence-electron chi connectivity index (χ1n) is 9.57. The van der Waals surface area contributed by atoms with Gasteiger partial charge in [0.15, 0.2) is 10.9 Å². The monoisotopic (exact) mass is 408 g/mol. The van der Waals surface area contributed by atoms with Crippen LogP contribution in [0.2, 0.25) is 0 Å². The van der Waals surface area contributed by atoms with Crippen molar-refractivity contribution in [1.29, 1.82) is 0 Å². The Balaban J connectivity index is 1.45. The lowest BCUT2D eigenvalue weighted by atomic mass is 10.1. The first-order chi connectivity index (χ1) is 14.0. The first-order valence-corrected chi connectivity index (χ1v) is 10.4. The highest BCUT2D eigenvalue weighted by Gasteiger charge is 2.12. The highest BCUT2D eigenvalue weighted by Crippen LogP contribution is 2.25. The topological polar surface area (TPSA) is 68.3 Å². The normalized spacial score (nSPS) is 10.7. The molecule has 0 spiro atoms. The van der Waals surface area contributed by atoms with E-state index >= 15 is 0 Å². The van der Waals surface area contributed by atoms with Gasteiger partial charge in [-0.1, -0.05) is 44.2 Å². The maximum Gasteiger partial charge on any atom is 0.226 e. The third-order valence-electron chi connectivity index (χ3n) is 4.34. The summed E-state index contributed by atoms with van der Waals surface area (Å²) in [5.74, 6) is 0.801. The van der Waals surface area contributed by atoms with Gasteiger partial charge in [0.2, 0.25) is 5.91 Å². The lowest BCUT2D eigenvalue weighted by molar-refractivity contribution is -0.116. The maximum atomic E-state index is 12.4. The molecule has 1 aromatic heterocycles. The van der Waals surface area contributed by atoms with E-state index < -0.39 is 0 Å². The van der Waals surface area contributed by atoms with Crippen LogP contribution in [0.25, 0.3) is 0 Å². The van der Waals surface area contributed by atoms with E-state index in [0.29, 0.717) is 29.0 Å². The van der Waals surface area contributed by atoms with Crippen LogP contribution in [-0.2, 0) is 11.4 Å². The minimum Gasteiger partial charge on any atom is -0.489 e. The van der Waals surface area contributed by atoms with Crippen LogP contribution in [0.1, 0.15) is 53.4 Å². The molecular weight excluding hydrogens is 384 g/mol. The number of hydrogen-bond donors (Lipinski definition) is 1. The van der Waals surface area contributed by atoms with E-state index in [9.17, 15) is 9.59 Å². The van der Waals surface area contributed by atoms with Gasteiger partial charge >= 0.3 is 0 Å². The van der Waals surface area contributed by atoms with Gasteiger partial charge in [0, 0.05) is 29.5 Å². The third-order valence-corrected chi connectivity index (χ3v) is 5.56. The van der Waals surface area contributed by atoms with Crippen LogP contribution in [0.15, 0.2) is 60.8 Å². The Kier molecular flexibility index (Phi) is 7.14. The minimum absolute atomic E-state index is 0.0724. The van der Waals surface area contributed by atoms with Gasteiger partial charge < -0.3 is 10.1 Å². The van der Waals surface area contributed by atoms with Crippen LogP contribution in [0.3, 0.4) is 0 Å². The Morgan fingerprint density at radius 3 is 2.41 bits per heavy atom. The Morgan fingerprint density at radius 2 is 1.76 bits per heavy atom. The van der Waals surface area contributed by atoms with Crippen molar-refractivity contribution in [3.05, 3.63) is 76.8 Å². The molecule has 3 aromatic rings. The summed E-state index contributed by atoms with van der Waals surface area (Å²) >= 11 is 1.46. The number of ether oxygens (including phenoxy) is 1. The molecule has 1 N–H and O–H groups in total. The zero-order valence-corrected chi connectivity index (χ0v) is 17.4. The molecule has 0 unspecified atom stereocenters. The molecule has 5 nitrogen and oxygen atoms in total. The largest absolute Gasteiger partial charge is 0.489 e. The van der Waals surface area contributed by atoms with Gasteiger partial charge in [0.05, 0.1) is 0 Å². The van der Waals surface area contributed by atoms with E-state index in [4.69, 9.17) is 4.74 Å². The molecule has 0 bridgehead atoms. The van der Waals surface area contributed by atoms with E-state index in [2.05, 4.69) is 24.1 Å². The number of anilines is 1. The van der Waals surface area contributed by atoms with Gasteiger partial charge in [-0.2, -0.15) is 0 Å². The van der Waals surface area contributed by atoms with E-state index in [-0.39, 0.29) is 24.5 Å². The maximum absolute atomic E-state index is 12.4. The molecule has 29 heavy (non-hydrogen) atoms. The zero-order valence-electron chi connectivity index (χ0n) is 16.6. The fourth-order valence-electron chi connectivity index (χ4n) is 2.64. The van der Waals surface area contributed by atoms with E-state index in [1.165, 1.54) is 11.3 Å². The number of amides is 1. The minimum atomic E-state index is -0.203. The Hall–Kier alpha value is -2.99. The van der Waals surface area contributed by atoms with E-state index in [0.717, 1.165) is 10.4 Å². The van der Waals surface area contributed by atoms with Crippen molar-refractivity contribution in [1.82, 2.24) is 4.98 Å². The molecule has 2 aromatic carbocycles. The van der Waals surface area contributed by atoms with Crippen LogP contribution in [-0.4, -0.2) is 16.7 Å². The zero-order chi connectivity index (χ0) is 20.6. The van der Waals surface area contributed by atoms with Crippen molar-refractivity contribution in [3.63, 3.8) is 0 Å². The van der Waals surface area contributed by atoms with Gasteiger partial charge in [-0.05, 0) is 35.7 Å². The van der Waals surface area contributed by atoms with Crippen molar-refractivity contribution in [2.75, 3.05) is 5.32 Å². The van der Waals surface area contributed by atoms with Gasteiger partial charge in [0.25, 0.3) is 0 Å². The molecule has 150 valence electrons. The van der Waals surface area contributed by atoms with Crippen molar-refractivity contribution in [2.24, 2.45) is 0 Å². The molecule has 0 aliphatic heterocycles. The van der Waals surface area contributed by atoms with E-state index in [1.54, 1.807) is 30.5 Å². The average molecular weight is 409 g/mol. The van der Waals surface area contributed by atoms with Crippen molar-refractivity contribution >= 4 is 28.2 Å². The van der Waals surface area contributed by atoms with Crippen molar-refractivity contribution in [3.8, 4) is 5.75 Å². The number of nitrogens with zero attached hydrogens (tertiary/aromatic N) is 1. The van der Waals surface area contributed by atoms with Crippen LogP contribution in [0, 0.1) is 0 Å². The van der Waals surface area contributed by atoms with Crippen LogP contribution >= 0.6 is 11.3 Å². The molecule has 0 radical (unpaired) electrons. The molecule has 0 fully saturated rings. The number of carbonyl (C=O) groups is 2. The average Bonchev–Trinajstić information content (AvgIpc) is 3.20. The predicted octanol–water partition coefficient (Wildman–Crippen LogP) is 5.45. The smallest absolute Gasteiger partial charge is 0.226 e. The lowest BCUT2D eigenvalue weighted by Crippen LogP contribution is -2.13. The van der Waals surface area contributed by atoms with Gasteiger partial charge in [0.1, 0.15) is 12.4 Å². The highest BCUT2D eigenvalue weighted by atomic mass is 32.1. The molecule has 1 heterocycles. The summed E-state index contributed by atoms with van der Waals surface area (Å²) in [4.78, 5) is 29.8. The number of aromatic nitrogens is 1. The number of rotatable bonds is 9. The third kappa shape index (κ3) is 6.26. The second-order valence-corrected chi connectivity index (χ2v) is 8.05. The van der Waals surface area contributed by atoms with Crippen molar-refractivity contribution < 1.29 is 14.3 Å². The Labute approximate surface area is 174 Å². The van der Waals surface area contributed by atoms with Crippen LogP contribution in [0.4, 0.5) is 5.13 Å². The van der Waals surface area contributed by atoms with Crippen LogP contribution < -0.4 is 10.1 Å². The van der Waals surface area contributed by atoms with Gasteiger partial charge in [-0.3, -0.25) is 9.59 Å². The summed E-state index contributed by atoms with van der Waals surface area (Å²) in [5, 5.41) is 3.34. The quantitative estimate of drug-likeness (QED) is 0.478.